The van der Waals surface area contributed by atoms with E-state index in [1.54, 1.807) is 6.20 Å². The lowest BCUT2D eigenvalue weighted by atomic mass is 10.1. The van der Waals surface area contributed by atoms with Crippen molar-refractivity contribution < 1.29 is 0 Å². The molecule has 0 fully saturated rings. The Balaban J connectivity index is 2.23. The van der Waals surface area contributed by atoms with Crippen LogP contribution in [0.1, 0.15) is 35.9 Å². The summed E-state index contributed by atoms with van der Waals surface area (Å²) in [5, 5.41) is 3.35. The maximum atomic E-state index is 4.70. The van der Waals surface area contributed by atoms with Gasteiger partial charge in [0.25, 0.3) is 0 Å². The summed E-state index contributed by atoms with van der Waals surface area (Å²) in [5.41, 5.74) is 5.63. The molecule has 21 heavy (non-hydrogen) atoms. The molecule has 2 rings (SSSR count). The van der Waals surface area contributed by atoms with Crippen molar-refractivity contribution in [3.8, 4) is 11.4 Å². The number of hydrogen-bond acceptors (Lipinski definition) is 4. The quantitative estimate of drug-likeness (QED) is 0.828. The van der Waals surface area contributed by atoms with Crippen LogP contribution in [0.4, 0.5) is 0 Å². The Morgan fingerprint density at radius 3 is 2.43 bits per heavy atom. The molecule has 1 N–H and O–H groups in total. The Bertz CT molecular complexity index is 584. The second-order valence-corrected chi connectivity index (χ2v) is 5.34. The smallest absolute Gasteiger partial charge is 0.160 e. The summed E-state index contributed by atoms with van der Waals surface area (Å²) in [4.78, 5) is 13.5. The van der Waals surface area contributed by atoms with Crippen LogP contribution in [0.25, 0.3) is 11.4 Å². The summed E-state index contributed by atoms with van der Waals surface area (Å²) in [6.45, 7) is 10.4. The highest BCUT2D eigenvalue weighted by atomic mass is 14.9. The molecule has 2 aromatic rings. The number of aryl methyl sites for hydroxylation is 3. The van der Waals surface area contributed by atoms with E-state index in [1.165, 1.54) is 5.56 Å². The Hall–Kier alpha value is -1.81. The molecule has 0 saturated heterocycles. The first-order valence-corrected chi connectivity index (χ1v) is 7.59. The van der Waals surface area contributed by atoms with Gasteiger partial charge in [0.1, 0.15) is 0 Å². The van der Waals surface area contributed by atoms with Crippen LogP contribution in [0.15, 0.2) is 18.5 Å². The Kier molecular flexibility index (Phi) is 5.39. The Morgan fingerprint density at radius 1 is 1.10 bits per heavy atom. The zero-order valence-electron chi connectivity index (χ0n) is 13.4. The van der Waals surface area contributed by atoms with E-state index in [0.29, 0.717) is 0 Å². The molecule has 4 nitrogen and oxygen atoms in total. The summed E-state index contributed by atoms with van der Waals surface area (Å²) in [5.74, 6) is 0.806. The van der Waals surface area contributed by atoms with Crippen LogP contribution >= 0.6 is 0 Å². The lowest BCUT2D eigenvalue weighted by molar-refractivity contribution is 0.667. The average Bonchev–Trinajstić information content (AvgIpc) is 2.46. The van der Waals surface area contributed by atoms with Crippen LogP contribution in [0.2, 0.25) is 0 Å². The predicted octanol–water partition coefficient (Wildman–Crippen LogP) is 3.01. The SMILES string of the molecule is CCNCCCc1c(C)nc(-c2ccncc2C)nc1C. The number of pyridine rings is 1. The molecule has 0 aliphatic heterocycles. The highest BCUT2D eigenvalue weighted by Crippen LogP contribution is 2.21. The number of nitrogens with one attached hydrogen (secondary N) is 1. The van der Waals surface area contributed by atoms with Gasteiger partial charge in [0.2, 0.25) is 0 Å². The molecule has 0 aliphatic carbocycles. The standard InChI is InChI=1S/C17H24N4/c1-5-18-9-6-7-16-13(3)20-17(21-14(16)4)15-8-10-19-11-12(15)2/h8,10-11,18H,5-7,9H2,1-4H3. The predicted molar refractivity (Wildman–Crippen MR) is 86.3 cm³/mol. The van der Waals surface area contributed by atoms with Gasteiger partial charge in [0.05, 0.1) is 0 Å². The summed E-state index contributed by atoms with van der Waals surface area (Å²) in [6, 6.07) is 1.98. The molecule has 0 unspecified atom stereocenters. The van der Waals surface area contributed by atoms with Crippen molar-refractivity contribution in [3.63, 3.8) is 0 Å². The summed E-state index contributed by atoms with van der Waals surface area (Å²) < 4.78 is 0. The Labute approximate surface area is 127 Å². The molecule has 0 radical (unpaired) electrons. The van der Waals surface area contributed by atoms with Crippen LogP contribution < -0.4 is 5.32 Å². The third-order valence-corrected chi connectivity index (χ3v) is 3.71. The van der Waals surface area contributed by atoms with Crippen LogP contribution in [0.5, 0.6) is 0 Å². The first-order chi connectivity index (χ1) is 10.1. The van der Waals surface area contributed by atoms with Crippen molar-refractivity contribution in [1.29, 1.82) is 0 Å². The first kappa shape index (κ1) is 15.6. The van der Waals surface area contributed by atoms with Gasteiger partial charge < -0.3 is 5.32 Å². The minimum atomic E-state index is 0.806. The van der Waals surface area contributed by atoms with Crippen LogP contribution in [-0.2, 0) is 6.42 Å². The van der Waals surface area contributed by atoms with E-state index in [4.69, 9.17) is 9.97 Å². The van der Waals surface area contributed by atoms with Crippen LogP contribution in [-0.4, -0.2) is 28.0 Å². The molecule has 0 aliphatic rings. The van der Waals surface area contributed by atoms with E-state index in [1.807, 2.05) is 19.2 Å². The molecule has 0 amide bonds. The number of rotatable bonds is 6. The zero-order chi connectivity index (χ0) is 15.2. The molecular weight excluding hydrogens is 260 g/mol. The summed E-state index contributed by atoms with van der Waals surface area (Å²) >= 11 is 0. The van der Waals surface area contributed by atoms with Crippen molar-refractivity contribution in [2.45, 2.75) is 40.5 Å². The van der Waals surface area contributed by atoms with Crippen molar-refractivity contribution in [2.75, 3.05) is 13.1 Å². The zero-order valence-corrected chi connectivity index (χ0v) is 13.4. The van der Waals surface area contributed by atoms with E-state index < -0.39 is 0 Å². The fraction of sp³-hybridized carbons (Fsp3) is 0.471. The number of hydrogen-bond donors (Lipinski definition) is 1. The van der Waals surface area contributed by atoms with Gasteiger partial charge >= 0.3 is 0 Å². The fourth-order valence-electron chi connectivity index (χ4n) is 2.51. The van der Waals surface area contributed by atoms with E-state index >= 15 is 0 Å². The normalized spacial score (nSPS) is 10.9. The van der Waals surface area contributed by atoms with Crippen LogP contribution in [0, 0.1) is 20.8 Å². The topological polar surface area (TPSA) is 50.7 Å². The fourth-order valence-corrected chi connectivity index (χ4v) is 2.51. The van der Waals surface area contributed by atoms with Gasteiger partial charge in [-0.15, -0.1) is 0 Å². The second kappa shape index (κ2) is 7.27. The lowest BCUT2D eigenvalue weighted by Crippen LogP contribution is -2.15. The van der Waals surface area contributed by atoms with E-state index in [0.717, 1.165) is 54.3 Å². The minimum Gasteiger partial charge on any atom is -0.317 e. The average molecular weight is 284 g/mol. The van der Waals surface area contributed by atoms with Crippen LogP contribution in [0.3, 0.4) is 0 Å². The van der Waals surface area contributed by atoms with Crippen molar-refractivity contribution in [3.05, 3.63) is 41.0 Å². The van der Waals surface area contributed by atoms with Gasteiger partial charge in [-0.3, -0.25) is 4.98 Å². The van der Waals surface area contributed by atoms with Gasteiger partial charge in [-0.2, -0.15) is 0 Å². The molecule has 2 heterocycles. The van der Waals surface area contributed by atoms with Gasteiger partial charge in [-0.1, -0.05) is 6.92 Å². The largest absolute Gasteiger partial charge is 0.317 e. The highest BCUT2D eigenvalue weighted by Gasteiger charge is 2.11. The maximum Gasteiger partial charge on any atom is 0.160 e. The number of aromatic nitrogens is 3. The molecule has 0 saturated carbocycles. The van der Waals surface area contributed by atoms with E-state index in [-0.39, 0.29) is 0 Å². The highest BCUT2D eigenvalue weighted by molar-refractivity contribution is 5.59. The molecule has 0 spiro atoms. The summed E-state index contributed by atoms with van der Waals surface area (Å²) in [7, 11) is 0. The van der Waals surface area contributed by atoms with Gasteiger partial charge in [-0.25, -0.2) is 9.97 Å². The molecular formula is C17H24N4. The van der Waals surface area contributed by atoms with Crippen molar-refractivity contribution >= 4 is 0 Å². The third kappa shape index (κ3) is 3.85. The van der Waals surface area contributed by atoms with Gasteiger partial charge in [0, 0.05) is 29.3 Å². The molecule has 0 aromatic carbocycles. The van der Waals surface area contributed by atoms with E-state index in [9.17, 15) is 0 Å². The number of nitrogens with zero attached hydrogens (tertiary/aromatic N) is 3. The van der Waals surface area contributed by atoms with Gasteiger partial charge in [-0.05, 0) is 63.9 Å². The monoisotopic (exact) mass is 284 g/mol. The minimum absolute atomic E-state index is 0.806. The van der Waals surface area contributed by atoms with Crippen molar-refractivity contribution in [2.24, 2.45) is 0 Å². The third-order valence-electron chi connectivity index (χ3n) is 3.71. The van der Waals surface area contributed by atoms with Gasteiger partial charge in [0.15, 0.2) is 5.82 Å². The molecule has 0 bridgehead atoms. The Morgan fingerprint density at radius 2 is 1.81 bits per heavy atom. The van der Waals surface area contributed by atoms with Crippen molar-refractivity contribution in [1.82, 2.24) is 20.3 Å². The second-order valence-electron chi connectivity index (χ2n) is 5.34. The summed E-state index contributed by atoms with van der Waals surface area (Å²) in [6.07, 6.45) is 5.79. The first-order valence-electron chi connectivity index (χ1n) is 7.59. The maximum absolute atomic E-state index is 4.70. The molecule has 112 valence electrons. The molecule has 2 aromatic heterocycles. The molecule has 0 atom stereocenters. The van der Waals surface area contributed by atoms with E-state index in [2.05, 4.69) is 31.1 Å². The lowest BCUT2D eigenvalue weighted by Gasteiger charge is -2.12. The molecule has 4 heteroatoms.